The highest BCUT2D eigenvalue weighted by Gasteiger charge is 2.10. The van der Waals surface area contributed by atoms with Crippen LogP contribution in [0.1, 0.15) is 5.56 Å². The van der Waals surface area contributed by atoms with Crippen molar-refractivity contribution in [1.29, 1.82) is 0 Å². The predicted molar refractivity (Wildman–Crippen MR) is 44.3 cm³/mol. The lowest BCUT2D eigenvalue weighted by Crippen LogP contribution is -1.99. The van der Waals surface area contributed by atoms with E-state index in [4.69, 9.17) is 0 Å². The van der Waals surface area contributed by atoms with Crippen LogP contribution in [0.2, 0.25) is 0 Å². The van der Waals surface area contributed by atoms with Crippen molar-refractivity contribution >= 4 is 16.1 Å². The molecule has 3 nitrogen and oxygen atoms in total. The summed E-state index contributed by atoms with van der Waals surface area (Å²) in [5, 5.41) is 0. The van der Waals surface area contributed by atoms with E-state index < -0.39 is 15.7 Å². The van der Waals surface area contributed by atoms with Gasteiger partial charge in [-0.25, -0.2) is 12.8 Å². The second kappa shape index (κ2) is 3.26. The highest BCUT2D eigenvalue weighted by Crippen LogP contribution is 2.13. The molecule has 0 bridgehead atoms. The van der Waals surface area contributed by atoms with E-state index in [0.717, 1.165) is 24.5 Å². The van der Waals surface area contributed by atoms with Crippen LogP contribution in [0.25, 0.3) is 0 Å². The number of sulfone groups is 1. The van der Waals surface area contributed by atoms with Gasteiger partial charge in [-0.3, -0.25) is 4.79 Å². The summed E-state index contributed by atoms with van der Waals surface area (Å²) >= 11 is 0. The third-order valence-electron chi connectivity index (χ3n) is 1.48. The molecule has 0 aliphatic rings. The van der Waals surface area contributed by atoms with Crippen molar-refractivity contribution in [2.75, 3.05) is 6.26 Å². The van der Waals surface area contributed by atoms with Gasteiger partial charge in [0.1, 0.15) is 5.82 Å². The Bertz CT molecular complexity index is 437. The molecule has 0 fully saturated rings. The minimum Gasteiger partial charge on any atom is -0.285 e. The van der Waals surface area contributed by atoms with Gasteiger partial charge in [-0.15, -0.1) is 0 Å². The summed E-state index contributed by atoms with van der Waals surface area (Å²) < 4.78 is 34.6. The van der Waals surface area contributed by atoms with Crippen LogP contribution < -0.4 is 0 Å². The number of benzene rings is 1. The molecule has 5 heteroatoms. The monoisotopic (exact) mass is 201 g/mol. The van der Waals surface area contributed by atoms with Gasteiger partial charge in [0.25, 0.3) is 0 Å². The molecule has 1 rings (SSSR count). The smallest absolute Gasteiger partial charge is 0.236 e. The Morgan fingerprint density at radius 1 is 1.38 bits per heavy atom. The van der Waals surface area contributed by atoms with Gasteiger partial charge in [0.15, 0.2) is 9.84 Å². The summed E-state index contributed by atoms with van der Waals surface area (Å²) in [5.74, 6) is -0.776. The van der Waals surface area contributed by atoms with Crippen LogP contribution in [-0.4, -0.2) is 21.0 Å². The molecule has 0 N–H and O–H groups in total. The molecular formula is C8H6FO3S. The van der Waals surface area contributed by atoms with E-state index in [-0.39, 0.29) is 10.5 Å². The van der Waals surface area contributed by atoms with Crippen LogP contribution in [0.4, 0.5) is 4.39 Å². The van der Waals surface area contributed by atoms with Crippen molar-refractivity contribution in [2.45, 2.75) is 4.90 Å². The van der Waals surface area contributed by atoms with E-state index >= 15 is 0 Å². The van der Waals surface area contributed by atoms with Gasteiger partial charge in [0.2, 0.25) is 6.29 Å². The average molecular weight is 201 g/mol. The second-order valence-electron chi connectivity index (χ2n) is 2.52. The molecule has 0 saturated carbocycles. The lowest BCUT2D eigenvalue weighted by molar-refractivity contribution is 0.556. The van der Waals surface area contributed by atoms with Crippen molar-refractivity contribution in [3.05, 3.63) is 29.6 Å². The topological polar surface area (TPSA) is 51.2 Å². The first-order valence-electron chi connectivity index (χ1n) is 3.33. The van der Waals surface area contributed by atoms with Gasteiger partial charge in [0.05, 0.1) is 10.5 Å². The number of halogens is 1. The molecule has 0 amide bonds. The lowest BCUT2D eigenvalue weighted by Gasteiger charge is -1.98. The fraction of sp³-hybridized carbons (Fsp3) is 0.125. The summed E-state index contributed by atoms with van der Waals surface area (Å²) in [6.07, 6.45) is 2.30. The molecule has 0 unspecified atom stereocenters. The molecule has 0 aliphatic carbocycles. The van der Waals surface area contributed by atoms with Gasteiger partial charge in [-0.05, 0) is 18.2 Å². The maximum Gasteiger partial charge on any atom is 0.236 e. The minimum atomic E-state index is -3.40. The third kappa shape index (κ3) is 2.12. The van der Waals surface area contributed by atoms with Gasteiger partial charge >= 0.3 is 0 Å². The van der Waals surface area contributed by atoms with Gasteiger partial charge in [0, 0.05) is 6.26 Å². The van der Waals surface area contributed by atoms with Gasteiger partial charge < -0.3 is 0 Å². The number of hydrogen-bond acceptors (Lipinski definition) is 3. The van der Waals surface area contributed by atoms with Crippen molar-refractivity contribution in [1.82, 2.24) is 0 Å². The van der Waals surface area contributed by atoms with Crippen molar-refractivity contribution < 1.29 is 17.6 Å². The van der Waals surface area contributed by atoms with E-state index in [1.165, 1.54) is 6.29 Å². The lowest BCUT2D eigenvalue weighted by atomic mass is 10.2. The quantitative estimate of drug-likeness (QED) is 0.661. The first-order chi connectivity index (χ1) is 5.95. The molecule has 69 valence electrons. The van der Waals surface area contributed by atoms with Crippen molar-refractivity contribution in [3.8, 4) is 0 Å². The highest BCUT2D eigenvalue weighted by molar-refractivity contribution is 7.90. The maximum atomic E-state index is 12.7. The molecule has 13 heavy (non-hydrogen) atoms. The van der Waals surface area contributed by atoms with Gasteiger partial charge in [-0.2, -0.15) is 0 Å². The zero-order valence-electron chi connectivity index (χ0n) is 6.74. The second-order valence-corrected chi connectivity index (χ2v) is 4.53. The average Bonchev–Trinajstić information content (AvgIpc) is 2.03. The Hall–Kier alpha value is -1.23. The van der Waals surface area contributed by atoms with Crippen molar-refractivity contribution in [3.63, 3.8) is 0 Å². The zero-order valence-corrected chi connectivity index (χ0v) is 7.56. The molecule has 0 saturated heterocycles. The van der Waals surface area contributed by atoms with E-state index in [1.54, 1.807) is 0 Å². The molecule has 0 aromatic heterocycles. The van der Waals surface area contributed by atoms with Crippen LogP contribution in [0.3, 0.4) is 0 Å². The van der Waals surface area contributed by atoms with Crippen LogP contribution in [0.15, 0.2) is 23.1 Å². The SMILES string of the molecule is CS(=O)(=O)c1ccc(F)c([C]=O)c1. The Labute approximate surface area is 75.1 Å². The molecule has 1 radical (unpaired) electrons. The van der Waals surface area contributed by atoms with Crippen LogP contribution >= 0.6 is 0 Å². The first-order valence-corrected chi connectivity index (χ1v) is 5.22. The maximum absolute atomic E-state index is 12.7. The molecule has 1 aromatic carbocycles. The summed E-state index contributed by atoms with van der Waals surface area (Å²) in [7, 11) is -3.40. The van der Waals surface area contributed by atoms with E-state index in [1.807, 2.05) is 0 Å². The van der Waals surface area contributed by atoms with Crippen LogP contribution in [-0.2, 0) is 14.6 Å². The number of hydrogen-bond donors (Lipinski definition) is 0. The predicted octanol–water partition coefficient (Wildman–Crippen LogP) is 0.687. The number of rotatable bonds is 2. The van der Waals surface area contributed by atoms with Crippen LogP contribution in [0, 0.1) is 5.82 Å². The Balaban J connectivity index is 3.38. The largest absolute Gasteiger partial charge is 0.285 e. The molecular weight excluding hydrogens is 195 g/mol. The molecule has 0 aliphatic heterocycles. The van der Waals surface area contributed by atoms with E-state index in [9.17, 15) is 17.6 Å². The van der Waals surface area contributed by atoms with E-state index in [2.05, 4.69) is 0 Å². The summed E-state index contributed by atoms with van der Waals surface area (Å²) in [4.78, 5) is 10.1. The molecule has 0 atom stereocenters. The summed E-state index contributed by atoms with van der Waals surface area (Å²) in [6.45, 7) is 0. The zero-order chi connectivity index (χ0) is 10.1. The summed E-state index contributed by atoms with van der Waals surface area (Å²) in [5.41, 5.74) is -0.372. The number of carbonyl (C=O) groups excluding carboxylic acids is 1. The Morgan fingerprint density at radius 3 is 2.46 bits per heavy atom. The Kier molecular flexibility index (Phi) is 2.47. The summed E-state index contributed by atoms with van der Waals surface area (Å²) in [6, 6.07) is 2.99. The van der Waals surface area contributed by atoms with E-state index in [0.29, 0.717) is 0 Å². The fourth-order valence-corrected chi connectivity index (χ4v) is 1.46. The standard InChI is InChI=1S/C8H6FO3S/c1-13(11,12)7-2-3-8(9)6(4-7)5-10/h2-4H,1H3. The molecule has 0 heterocycles. The molecule has 1 aromatic rings. The highest BCUT2D eigenvalue weighted by atomic mass is 32.2. The van der Waals surface area contributed by atoms with Gasteiger partial charge in [-0.1, -0.05) is 0 Å². The fourth-order valence-electron chi connectivity index (χ4n) is 0.813. The van der Waals surface area contributed by atoms with Crippen molar-refractivity contribution in [2.24, 2.45) is 0 Å². The first kappa shape index (κ1) is 9.85. The molecule has 0 spiro atoms. The third-order valence-corrected chi connectivity index (χ3v) is 2.59. The van der Waals surface area contributed by atoms with Crippen LogP contribution in [0.5, 0.6) is 0 Å². The minimum absolute atomic E-state index is 0.0905. The normalized spacial score (nSPS) is 11.2. The Morgan fingerprint density at radius 2 is 2.00 bits per heavy atom.